The molecule has 0 spiro atoms. The molecule has 134 valence electrons. The van der Waals surface area contributed by atoms with E-state index < -0.39 is 5.54 Å². The van der Waals surface area contributed by atoms with Gasteiger partial charge in [0.1, 0.15) is 5.54 Å². The summed E-state index contributed by atoms with van der Waals surface area (Å²) in [5.41, 5.74) is 6.30. The molecule has 1 atom stereocenters. The zero-order valence-electron chi connectivity index (χ0n) is 15.1. The van der Waals surface area contributed by atoms with E-state index in [2.05, 4.69) is 34.7 Å². The van der Waals surface area contributed by atoms with Gasteiger partial charge in [0, 0.05) is 24.1 Å². The van der Waals surface area contributed by atoms with Crippen molar-refractivity contribution < 1.29 is 4.79 Å². The van der Waals surface area contributed by atoms with E-state index in [0.29, 0.717) is 5.92 Å². The fraction of sp³-hybridized carbons (Fsp3) is 0.632. The van der Waals surface area contributed by atoms with Crippen LogP contribution in [0, 0.1) is 5.92 Å². The highest BCUT2D eigenvalue weighted by atomic mass is 79.9. The van der Waals surface area contributed by atoms with Gasteiger partial charge in [-0.25, -0.2) is 0 Å². The van der Waals surface area contributed by atoms with Gasteiger partial charge in [-0.1, -0.05) is 41.9 Å². The van der Waals surface area contributed by atoms with Crippen LogP contribution in [0.5, 0.6) is 0 Å². The topological polar surface area (TPSA) is 49.6 Å². The molecule has 0 aromatic heterocycles. The van der Waals surface area contributed by atoms with E-state index in [9.17, 15) is 4.79 Å². The van der Waals surface area contributed by atoms with Crippen molar-refractivity contribution in [2.75, 3.05) is 32.7 Å². The third-order valence-corrected chi connectivity index (χ3v) is 5.73. The van der Waals surface area contributed by atoms with Crippen LogP contribution in [-0.2, 0) is 10.3 Å². The number of amides is 1. The van der Waals surface area contributed by atoms with E-state index >= 15 is 0 Å². The quantitative estimate of drug-likeness (QED) is 0.804. The molecule has 1 saturated heterocycles. The Hall–Kier alpha value is -0.910. The van der Waals surface area contributed by atoms with Gasteiger partial charge in [-0.3, -0.25) is 4.79 Å². The van der Waals surface area contributed by atoms with E-state index in [1.54, 1.807) is 0 Å². The lowest BCUT2D eigenvalue weighted by atomic mass is 9.89. The summed E-state index contributed by atoms with van der Waals surface area (Å²) in [4.78, 5) is 17.3. The second kappa shape index (κ2) is 8.45. The van der Waals surface area contributed by atoms with Crippen LogP contribution in [0.3, 0.4) is 0 Å². The van der Waals surface area contributed by atoms with Gasteiger partial charge in [-0.05, 0) is 56.5 Å². The summed E-state index contributed by atoms with van der Waals surface area (Å²) < 4.78 is 0.992. The highest BCUT2D eigenvalue weighted by Crippen LogP contribution is 2.26. The molecule has 2 N–H and O–H groups in total. The van der Waals surface area contributed by atoms with Crippen molar-refractivity contribution in [3.63, 3.8) is 0 Å². The number of nitrogens with two attached hydrogens (primary N) is 1. The van der Waals surface area contributed by atoms with Crippen molar-refractivity contribution in [3.8, 4) is 0 Å². The average Bonchev–Trinajstić information content (AvgIpc) is 2.60. The molecule has 1 heterocycles. The number of carbonyl (C=O) groups is 1. The number of nitrogens with zero attached hydrogens (tertiary/aromatic N) is 2. The van der Waals surface area contributed by atoms with Gasteiger partial charge in [-0.2, -0.15) is 0 Å². The summed E-state index contributed by atoms with van der Waals surface area (Å²) in [5, 5.41) is 0. The highest BCUT2D eigenvalue weighted by Gasteiger charge is 2.36. The fourth-order valence-corrected chi connectivity index (χ4v) is 3.68. The predicted octanol–water partition coefficient (Wildman–Crippen LogP) is 3.20. The summed E-state index contributed by atoms with van der Waals surface area (Å²) in [6, 6.07) is 7.72. The minimum absolute atomic E-state index is 0.0334. The lowest BCUT2D eigenvalue weighted by molar-refractivity contribution is -0.138. The molecule has 5 heteroatoms. The minimum atomic E-state index is -0.966. The molecule has 2 rings (SSSR count). The van der Waals surface area contributed by atoms with E-state index in [-0.39, 0.29) is 5.91 Å². The first-order chi connectivity index (χ1) is 11.4. The van der Waals surface area contributed by atoms with E-state index in [0.717, 1.165) is 55.6 Å². The highest BCUT2D eigenvalue weighted by molar-refractivity contribution is 9.10. The molecule has 1 aliphatic rings. The molecule has 1 fully saturated rings. The number of hydrogen-bond acceptors (Lipinski definition) is 3. The van der Waals surface area contributed by atoms with Crippen molar-refractivity contribution >= 4 is 21.8 Å². The number of benzene rings is 1. The summed E-state index contributed by atoms with van der Waals surface area (Å²) in [5.74, 6) is 0.719. The number of likely N-dealkylation sites (tertiary alicyclic amines) is 1. The Labute approximate surface area is 154 Å². The minimum Gasteiger partial charge on any atom is -0.341 e. The molecule has 1 aromatic rings. The van der Waals surface area contributed by atoms with Crippen LogP contribution >= 0.6 is 15.9 Å². The van der Waals surface area contributed by atoms with Crippen molar-refractivity contribution in [1.29, 1.82) is 0 Å². The van der Waals surface area contributed by atoms with Crippen molar-refractivity contribution in [1.82, 2.24) is 9.80 Å². The van der Waals surface area contributed by atoms with Gasteiger partial charge in [0.2, 0.25) is 5.91 Å². The van der Waals surface area contributed by atoms with Gasteiger partial charge in [0.25, 0.3) is 0 Å². The number of halogens is 1. The van der Waals surface area contributed by atoms with E-state index in [4.69, 9.17) is 5.73 Å². The monoisotopic (exact) mass is 395 g/mol. The van der Waals surface area contributed by atoms with Gasteiger partial charge < -0.3 is 15.5 Å². The normalized spacial score (nSPS) is 18.7. The molecule has 1 aromatic carbocycles. The van der Waals surface area contributed by atoms with Gasteiger partial charge in [0.05, 0.1) is 0 Å². The molecular formula is C19H30BrN3O. The second-order valence-electron chi connectivity index (χ2n) is 6.93. The molecule has 1 unspecified atom stereocenters. The fourth-order valence-electron chi connectivity index (χ4n) is 3.41. The molecular weight excluding hydrogens is 366 g/mol. The molecule has 1 aliphatic heterocycles. The number of hydrogen-bond donors (Lipinski definition) is 1. The maximum absolute atomic E-state index is 12.9. The van der Waals surface area contributed by atoms with Gasteiger partial charge >= 0.3 is 0 Å². The Bertz CT molecular complexity index is 532. The van der Waals surface area contributed by atoms with Crippen molar-refractivity contribution in [3.05, 3.63) is 34.3 Å². The first kappa shape index (κ1) is 19.4. The lowest BCUT2D eigenvalue weighted by Crippen LogP contribution is -2.53. The lowest BCUT2D eigenvalue weighted by Gasteiger charge is -2.38. The Kier molecular flexibility index (Phi) is 6.84. The van der Waals surface area contributed by atoms with Crippen LogP contribution in [0.25, 0.3) is 0 Å². The van der Waals surface area contributed by atoms with Crippen LogP contribution < -0.4 is 5.73 Å². The number of rotatable bonds is 6. The Morgan fingerprint density at radius 1 is 1.25 bits per heavy atom. The first-order valence-corrected chi connectivity index (χ1v) is 9.74. The van der Waals surface area contributed by atoms with E-state index in [1.807, 2.05) is 36.1 Å². The largest absolute Gasteiger partial charge is 0.341 e. The first-order valence-electron chi connectivity index (χ1n) is 8.95. The van der Waals surface area contributed by atoms with Crippen LogP contribution in [0.1, 0.15) is 39.2 Å². The molecule has 0 saturated carbocycles. The molecule has 24 heavy (non-hydrogen) atoms. The molecule has 0 aliphatic carbocycles. The van der Waals surface area contributed by atoms with E-state index in [1.165, 1.54) is 0 Å². The SMILES string of the molecule is CCN(CC)CC1CCN(C(=O)C(C)(N)c2ccc(Br)cc2)CC1. The number of piperidine rings is 1. The third-order valence-electron chi connectivity index (χ3n) is 5.20. The maximum Gasteiger partial charge on any atom is 0.246 e. The summed E-state index contributed by atoms with van der Waals surface area (Å²) >= 11 is 3.42. The molecule has 0 bridgehead atoms. The molecule has 4 nitrogen and oxygen atoms in total. The Morgan fingerprint density at radius 2 is 1.79 bits per heavy atom. The van der Waals surface area contributed by atoms with Crippen LogP contribution in [0.15, 0.2) is 28.7 Å². The zero-order chi connectivity index (χ0) is 17.7. The molecule has 0 radical (unpaired) electrons. The Balaban J connectivity index is 1.95. The van der Waals surface area contributed by atoms with Crippen LogP contribution in [-0.4, -0.2) is 48.4 Å². The number of carbonyl (C=O) groups excluding carboxylic acids is 1. The third kappa shape index (κ3) is 4.58. The summed E-state index contributed by atoms with van der Waals surface area (Å²) in [6.45, 7) is 11.2. The van der Waals surface area contributed by atoms with Crippen molar-refractivity contribution in [2.45, 2.75) is 39.2 Å². The van der Waals surface area contributed by atoms with Crippen LogP contribution in [0.4, 0.5) is 0 Å². The van der Waals surface area contributed by atoms with Gasteiger partial charge in [-0.15, -0.1) is 0 Å². The summed E-state index contributed by atoms with van der Waals surface area (Å²) in [6.07, 6.45) is 2.14. The second-order valence-corrected chi connectivity index (χ2v) is 7.85. The van der Waals surface area contributed by atoms with Gasteiger partial charge in [0.15, 0.2) is 0 Å². The van der Waals surface area contributed by atoms with Crippen molar-refractivity contribution in [2.24, 2.45) is 11.7 Å². The standard InChI is InChI=1S/C19H30BrN3O/c1-4-22(5-2)14-15-10-12-23(13-11-15)18(24)19(3,21)16-6-8-17(20)9-7-16/h6-9,15H,4-5,10-14,21H2,1-3H3. The average molecular weight is 396 g/mol. The molecule has 1 amide bonds. The smallest absolute Gasteiger partial charge is 0.246 e. The predicted molar refractivity (Wildman–Crippen MR) is 103 cm³/mol. The maximum atomic E-state index is 12.9. The Morgan fingerprint density at radius 3 is 2.29 bits per heavy atom. The van der Waals surface area contributed by atoms with Crippen LogP contribution in [0.2, 0.25) is 0 Å². The zero-order valence-corrected chi connectivity index (χ0v) is 16.7. The summed E-state index contributed by atoms with van der Waals surface area (Å²) in [7, 11) is 0.